The number of amides is 1. The van der Waals surface area contributed by atoms with Gasteiger partial charge in [-0.2, -0.15) is 0 Å². The molecule has 0 aliphatic heterocycles. The van der Waals surface area contributed by atoms with Gasteiger partial charge in [-0.3, -0.25) is 14.2 Å². The van der Waals surface area contributed by atoms with E-state index in [-0.39, 0.29) is 11.5 Å². The number of hydrogen-bond donors (Lipinski definition) is 0. The molecule has 22 heavy (non-hydrogen) atoms. The van der Waals surface area contributed by atoms with Gasteiger partial charge in [-0.05, 0) is 44.2 Å². The average Bonchev–Trinajstić information content (AvgIpc) is 2.56. The van der Waals surface area contributed by atoms with Crippen molar-refractivity contribution in [2.24, 2.45) is 0 Å². The largest absolute Gasteiger partial charge is 0.497 e. The third kappa shape index (κ3) is 3.19. The lowest BCUT2D eigenvalue weighted by Crippen LogP contribution is -2.31. The molecule has 1 heterocycles. The van der Waals surface area contributed by atoms with E-state index < -0.39 is 0 Å². The molecular formula is C17H20N2O3. The minimum Gasteiger partial charge on any atom is -0.497 e. The summed E-state index contributed by atoms with van der Waals surface area (Å²) in [4.78, 5) is 26.2. The normalized spacial score (nSPS) is 10.3. The molecule has 0 fully saturated rings. The molecule has 0 bridgehead atoms. The molecule has 0 atom stereocenters. The van der Waals surface area contributed by atoms with E-state index in [0.29, 0.717) is 30.1 Å². The smallest absolute Gasteiger partial charge is 0.255 e. The van der Waals surface area contributed by atoms with Gasteiger partial charge in [0, 0.05) is 31.0 Å². The molecular weight excluding hydrogens is 280 g/mol. The lowest BCUT2D eigenvalue weighted by atomic mass is 10.2. The number of carbonyl (C=O) groups excluding carboxylic acids is 1. The van der Waals surface area contributed by atoms with Crippen LogP contribution in [-0.4, -0.2) is 35.6 Å². The Bertz CT molecular complexity index is 701. The van der Waals surface area contributed by atoms with Gasteiger partial charge in [0.25, 0.3) is 11.5 Å². The summed E-state index contributed by atoms with van der Waals surface area (Å²) >= 11 is 0. The molecule has 0 spiro atoms. The molecule has 0 aliphatic carbocycles. The van der Waals surface area contributed by atoms with E-state index in [0.717, 1.165) is 0 Å². The highest BCUT2D eigenvalue weighted by Gasteiger charge is 2.14. The predicted molar refractivity (Wildman–Crippen MR) is 85.8 cm³/mol. The van der Waals surface area contributed by atoms with E-state index in [1.54, 1.807) is 48.5 Å². The van der Waals surface area contributed by atoms with Crippen LogP contribution >= 0.6 is 0 Å². The summed E-state index contributed by atoms with van der Waals surface area (Å²) in [6.07, 6.45) is 1.59. The van der Waals surface area contributed by atoms with E-state index in [1.165, 1.54) is 10.6 Å². The maximum absolute atomic E-state index is 12.4. The van der Waals surface area contributed by atoms with Gasteiger partial charge in [-0.25, -0.2) is 0 Å². The van der Waals surface area contributed by atoms with Gasteiger partial charge in [0.05, 0.1) is 12.7 Å². The van der Waals surface area contributed by atoms with E-state index in [2.05, 4.69) is 0 Å². The van der Waals surface area contributed by atoms with Crippen LogP contribution in [0.4, 0.5) is 0 Å². The van der Waals surface area contributed by atoms with Crippen molar-refractivity contribution < 1.29 is 9.53 Å². The van der Waals surface area contributed by atoms with Crippen molar-refractivity contribution in [2.75, 3.05) is 20.2 Å². The molecule has 5 nitrogen and oxygen atoms in total. The summed E-state index contributed by atoms with van der Waals surface area (Å²) in [5, 5.41) is 0. The molecule has 0 unspecified atom stereocenters. The van der Waals surface area contributed by atoms with Crippen LogP contribution in [0.1, 0.15) is 24.2 Å². The fourth-order valence-electron chi connectivity index (χ4n) is 2.25. The molecule has 2 aromatic rings. The molecule has 116 valence electrons. The number of carbonyl (C=O) groups is 1. The average molecular weight is 300 g/mol. The van der Waals surface area contributed by atoms with Gasteiger partial charge in [-0.15, -0.1) is 0 Å². The molecule has 0 N–H and O–H groups in total. The van der Waals surface area contributed by atoms with Crippen LogP contribution in [0.15, 0.2) is 47.4 Å². The highest BCUT2D eigenvalue weighted by Crippen LogP contribution is 2.14. The summed E-state index contributed by atoms with van der Waals surface area (Å²) in [6, 6.07) is 10.1. The summed E-state index contributed by atoms with van der Waals surface area (Å²) < 4.78 is 6.58. The van der Waals surface area contributed by atoms with Gasteiger partial charge < -0.3 is 9.64 Å². The number of aromatic nitrogens is 1. The molecule has 2 rings (SSSR count). The van der Waals surface area contributed by atoms with Crippen molar-refractivity contribution in [3.8, 4) is 11.4 Å². The van der Waals surface area contributed by atoms with Gasteiger partial charge >= 0.3 is 0 Å². The fraction of sp³-hybridized carbons (Fsp3) is 0.294. The molecule has 0 saturated carbocycles. The van der Waals surface area contributed by atoms with Crippen LogP contribution in [0.25, 0.3) is 5.69 Å². The van der Waals surface area contributed by atoms with Crippen LogP contribution in [0.5, 0.6) is 5.75 Å². The number of hydrogen-bond acceptors (Lipinski definition) is 3. The molecule has 1 aromatic carbocycles. The Morgan fingerprint density at radius 2 is 1.73 bits per heavy atom. The van der Waals surface area contributed by atoms with Crippen LogP contribution < -0.4 is 10.3 Å². The van der Waals surface area contributed by atoms with Gasteiger partial charge in [-0.1, -0.05) is 0 Å². The summed E-state index contributed by atoms with van der Waals surface area (Å²) in [5.74, 6) is 0.638. The molecule has 1 aromatic heterocycles. The topological polar surface area (TPSA) is 51.5 Å². The summed E-state index contributed by atoms with van der Waals surface area (Å²) in [7, 11) is 1.59. The second-order valence-electron chi connectivity index (χ2n) is 4.80. The van der Waals surface area contributed by atoms with E-state index >= 15 is 0 Å². The van der Waals surface area contributed by atoms with Crippen molar-refractivity contribution in [3.63, 3.8) is 0 Å². The minimum absolute atomic E-state index is 0.0766. The number of ether oxygens (including phenoxy) is 1. The first-order valence-electron chi connectivity index (χ1n) is 7.27. The Morgan fingerprint density at radius 1 is 1.09 bits per heavy atom. The second-order valence-corrected chi connectivity index (χ2v) is 4.80. The Kier molecular flexibility index (Phi) is 4.99. The predicted octanol–water partition coefficient (Wildman–Crippen LogP) is 2.33. The van der Waals surface area contributed by atoms with E-state index in [1.807, 2.05) is 13.8 Å². The second kappa shape index (κ2) is 6.93. The Morgan fingerprint density at radius 3 is 2.27 bits per heavy atom. The lowest BCUT2D eigenvalue weighted by Gasteiger charge is -2.19. The van der Waals surface area contributed by atoms with Crippen LogP contribution in [0, 0.1) is 0 Å². The van der Waals surface area contributed by atoms with Crippen molar-refractivity contribution in [1.29, 1.82) is 0 Å². The number of rotatable bonds is 5. The van der Waals surface area contributed by atoms with Gasteiger partial charge in [0.15, 0.2) is 0 Å². The van der Waals surface area contributed by atoms with E-state index in [4.69, 9.17) is 4.74 Å². The molecule has 0 aliphatic rings. The van der Waals surface area contributed by atoms with Gasteiger partial charge in [0.2, 0.25) is 0 Å². The van der Waals surface area contributed by atoms with Crippen molar-refractivity contribution >= 4 is 5.91 Å². The standard InChI is InChI=1S/C17H20N2O3/c1-4-18(5-2)17(21)13-6-11-16(20)19(12-13)14-7-9-15(22-3)10-8-14/h6-12H,4-5H2,1-3H3. The Labute approximate surface area is 129 Å². The maximum atomic E-state index is 12.4. The van der Waals surface area contributed by atoms with Crippen LogP contribution in [-0.2, 0) is 0 Å². The molecule has 5 heteroatoms. The number of pyridine rings is 1. The first kappa shape index (κ1) is 15.8. The zero-order chi connectivity index (χ0) is 16.1. The monoisotopic (exact) mass is 300 g/mol. The summed E-state index contributed by atoms with van der Waals surface area (Å²) in [6.45, 7) is 5.13. The third-order valence-corrected chi connectivity index (χ3v) is 3.56. The van der Waals surface area contributed by atoms with E-state index in [9.17, 15) is 9.59 Å². The van der Waals surface area contributed by atoms with Crippen molar-refractivity contribution in [1.82, 2.24) is 9.47 Å². The third-order valence-electron chi connectivity index (χ3n) is 3.56. The van der Waals surface area contributed by atoms with Crippen molar-refractivity contribution in [2.45, 2.75) is 13.8 Å². The molecule has 0 radical (unpaired) electrons. The zero-order valence-electron chi connectivity index (χ0n) is 13.1. The quantitative estimate of drug-likeness (QED) is 0.851. The lowest BCUT2D eigenvalue weighted by molar-refractivity contribution is 0.0772. The summed E-state index contributed by atoms with van der Waals surface area (Å²) in [5.41, 5.74) is 1.01. The number of methoxy groups -OCH3 is 1. The Hall–Kier alpha value is -2.56. The highest BCUT2D eigenvalue weighted by atomic mass is 16.5. The first-order valence-corrected chi connectivity index (χ1v) is 7.27. The minimum atomic E-state index is -0.179. The zero-order valence-corrected chi connectivity index (χ0v) is 13.1. The first-order chi connectivity index (χ1) is 10.6. The van der Waals surface area contributed by atoms with Gasteiger partial charge in [0.1, 0.15) is 5.75 Å². The van der Waals surface area contributed by atoms with Crippen LogP contribution in [0.3, 0.4) is 0 Å². The number of benzene rings is 1. The van der Waals surface area contributed by atoms with Crippen LogP contribution in [0.2, 0.25) is 0 Å². The molecule has 0 saturated heterocycles. The Balaban J connectivity index is 2.42. The molecule has 1 amide bonds. The van der Waals surface area contributed by atoms with Crippen molar-refractivity contribution in [3.05, 3.63) is 58.5 Å². The highest BCUT2D eigenvalue weighted by molar-refractivity contribution is 5.93. The SMILES string of the molecule is CCN(CC)C(=O)c1ccc(=O)n(-c2ccc(OC)cc2)c1. The number of nitrogens with zero attached hydrogens (tertiary/aromatic N) is 2. The maximum Gasteiger partial charge on any atom is 0.255 e. The fourth-order valence-corrected chi connectivity index (χ4v) is 2.25.